The standard InChI is InChI=1S/C16H17ClN2O3/c1-10(2)14-9-22-16(21)19(14)15(20)7-12(8-18)11-3-5-13(17)6-4-11/h3-6,10,12,14H,7,9H2,1-2H3/t12-,14-/m1/s1. The molecule has 1 aromatic carbocycles. The number of cyclic esters (lactones) is 1. The molecule has 1 aromatic rings. The van der Waals surface area contributed by atoms with Gasteiger partial charge in [0, 0.05) is 11.4 Å². The van der Waals surface area contributed by atoms with Crippen molar-refractivity contribution in [3.8, 4) is 6.07 Å². The summed E-state index contributed by atoms with van der Waals surface area (Å²) >= 11 is 5.82. The fraction of sp³-hybridized carbons (Fsp3) is 0.438. The minimum absolute atomic E-state index is 0.0591. The van der Waals surface area contributed by atoms with E-state index in [4.69, 9.17) is 16.3 Å². The molecule has 5 nitrogen and oxygen atoms in total. The van der Waals surface area contributed by atoms with E-state index in [1.54, 1.807) is 24.3 Å². The maximum Gasteiger partial charge on any atom is 0.416 e. The third-order valence-corrected chi connectivity index (χ3v) is 4.00. The Labute approximate surface area is 134 Å². The summed E-state index contributed by atoms with van der Waals surface area (Å²) in [5.74, 6) is -0.903. The summed E-state index contributed by atoms with van der Waals surface area (Å²) in [6.45, 7) is 4.06. The summed E-state index contributed by atoms with van der Waals surface area (Å²) in [4.78, 5) is 25.3. The van der Waals surface area contributed by atoms with E-state index in [9.17, 15) is 14.9 Å². The van der Waals surface area contributed by atoms with Crippen LogP contribution < -0.4 is 0 Å². The monoisotopic (exact) mass is 320 g/mol. The molecule has 1 fully saturated rings. The molecule has 0 unspecified atom stereocenters. The number of benzene rings is 1. The summed E-state index contributed by atoms with van der Waals surface area (Å²) in [7, 11) is 0. The molecule has 1 aliphatic heterocycles. The molecule has 2 atom stereocenters. The normalized spacial score (nSPS) is 19.0. The number of ether oxygens (including phenoxy) is 1. The Morgan fingerprint density at radius 2 is 2.09 bits per heavy atom. The number of hydrogen-bond donors (Lipinski definition) is 0. The molecule has 1 aliphatic rings. The molecule has 2 rings (SSSR count). The van der Waals surface area contributed by atoms with Crippen LogP contribution in [0.4, 0.5) is 4.79 Å². The first kappa shape index (κ1) is 16.3. The van der Waals surface area contributed by atoms with Crippen molar-refractivity contribution in [2.24, 2.45) is 5.92 Å². The number of imide groups is 1. The first-order chi connectivity index (χ1) is 10.4. The van der Waals surface area contributed by atoms with Gasteiger partial charge in [-0.15, -0.1) is 0 Å². The van der Waals surface area contributed by atoms with Gasteiger partial charge in [0.25, 0.3) is 0 Å². The molecule has 0 N–H and O–H groups in total. The van der Waals surface area contributed by atoms with Gasteiger partial charge in [-0.1, -0.05) is 37.6 Å². The molecule has 1 heterocycles. The number of amides is 2. The Balaban J connectivity index is 2.14. The molecule has 0 spiro atoms. The second-order valence-corrected chi connectivity index (χ2v) is 6.03. The third kappa shape index (κ3) is 3.40. The molecule has 0 aromatic heterocycles. The number of halogens is 1. The fourth-order valence-corrected chi connectivity index (χ4v) is 2.55. The van der Waals surface area contributed by atoms with Crippen LogP contribution in [0.3, 0.4) is 0 Å². The van der Waals surface area contributed by atoms with E-state index < -0.39 is 12.0 Å². The van der Waals surface area contributed by atoms with E-state index >= 15 is 0 Å². The largest absolute Gasteiger partial charge is 0.447 e. The molecule has 0 bridgehead atoms. The Bertz CT molecular complexity index is 607. The van der Waals surface area contributed by atoms with E-state index in [0.29, 0.717) is 10.6 Å². The van der Waals surface area contributed by atoms with Gasteiger partial charge in [-0.25, -0.2) is 9.69 Å². The van der Waals surface area contributed by atoms with E-state index in [-0.39, 0.29) is 30.9 Å². The molecular weight excluding hydrogens is 304 g/mol. The smallest absolute Gasteiger partial charge is 0.416 e. The van der Waals surface area contributed by atoms with Crippen molar-refractivity contribution < 1.29 is 14.3 Å². The number of nitriles is 1. The molecule has 0 radical (unpaired) electrons. The number of nitrogens with zero attached hydrogens (tertiary/aromatic N) is 2. The molecular formula is C16H17ClN2O3. The van der Waals surface area contributed by atoms with Gasteiger partial charge in [-0.2, -0.15) is 5.26 Å². The van der Waals surface area contributed by atoms with Crippen molar-refractivity contribution in [1.82, 2.24) is 4.90 Å². The molecule has 2 amide bonds. The molecule has 116 valence electrons. The maximum absolute atomic E-state index is 12.4. The van der Waals surface area contributed by atoms with Crippen LogP contribution in [0.15, 0.2) is 24.3 Å². The lowest BCUT2D eigenvalue weighted by Gasteiger charge is -2.23. The van der Waals surface area contributed by atoms with Gasteiger partial charge in [-0.3, -0.25) is 4.79 Å². The molecule has 6 heteroatoms. The molecule has 1 saturated heterocycles. The summed E-state index contributed by atoms with van der Waals surface area (Å²) in [6, 6.07) is 8.61. The first-order valence-electron chi connectivity index (χ1n) is 7.08. The third-order valence-electron chi connectivity index (χ3n) is 3.75. The summed E-state index contributed by atoms with van der Waals surface area (Å²) in [5, 5.41) is 9.88. The van der Waals surface area contributed by atoms with E-state index in [1.165, 1.54) is 0 Å². The van der Waals surface area contributed by atoms with Gasteiger partial charge in [0.15, 0.2) is 0 Å². The lowest BCUT2D eigenvalue weighted by molar-refractivity contribution is -0.129. The van der Waals surface area contributed by atoms with Crippen LogP contribution in [0.25, 0.3) is 0 Å². The maximum atomic E-state index is 12.4. The van der Waals surface area contributed by atoms with Crippen molar-refractivity contribution >= 4 is 23.6 Å². The number of hydrogen-bond acceptors (Lipinski definition) is 4. The van der Waals surface area contributed by atoms with Gasteiger partial charge >= 0.3 is 6.09 Å². The van der Waals surface area contributed by atoms with Gasteiger partial charge < -0.3 is 4.74 Å². The minimum Gasteiger partial charge on any atom is -0.447 e. The van der Waals surface area contributed by atoms with Crippen molar-refractivity contribution in [3.05, 3.63) is 34.9 Å². The number of carbonyl (C=O) groups is 2. The van der Waals surface area contributed by atoms with Crippen LogP contribution in [0, 0.1) is 17.2 Å². The van der Waals surface area contributed by atoms with Crippen molar-refractivity contribution in [3.63, 3.8) is 0 Å². The van der Waals surface area contributed by atoms with Gasteiger partial charge in [0.2, 0.25) is 5.91 Å². The second-order valence-electron chi connectivity index (χ2n) is 5.59. The summed E-state index contributed by atoms with van der Waals surface area (Å²) < 4.78 is 4.96. The lowest BCUT2D eigenvalue weighted by Crippen LogP contribution is -2.42. The highest BCUT2D eigenvalue weighted by atomic mass is 35.5. The second kappa shape index (κ2) is 6.80. The van der Waals surface area contributed by atoms with Crippen LogP contribution in [-0.2, 0) is 9.53 Å². The van der Waals surface area contributed by atoms with Gasteiger partial charge in [0.05, 0.1) is 18.0 Å². The summed E-state index contributed by atoms with van der Waals surface area (Å²) in [5.41, 5.74) is 0.703. The Hall–Kier alpha value is -2.06. The van der Waals surface area contributed by atoms with Crippen LogP contribution >= 0.6 is 11.6 Å². The SMILES string of the molecule is CC(C)[C@H]1COC(=O)N1C(=O)C[C@H](C#N)c1ccc(Cl)cc1. The fourth-order valence-electron chi connectivity index (χ4n) is 2.42. The van der Waals surface area contributed by atoms with E-state index in [0.717, 1.165) is 4.90 Å². The van der Waals surface area contributed by atoms with Crippen molar-refractivity contribution in [2.75, 3.05) is 6.61 Å². The van der Waals surface area contributed by atoms with Gasteiger partial charge in [0.1, 0.15) is 6.61 Å². The predicted octanol–water partition coefficient (Wildman–Crippen LogP) is 3.34. The number of rotatable bonds is 4. The van der Waals surface area contributed by atoms with Crippen molar-refractivity contribution in [2.45, 2.75) is 32.2 Å². The zero-order valence-electron chi connectivity index (χ0n) is 12.5. The van der Waals surface area contributed by atoms with E-state index in [1.807, 2.05) is 13.8 Å². The van der Waals surface area contributed by atoms with Crippen LogP contribution in [0.2, 0.25) is 5.02 Å². The highest BCUT2D eigenvalue weighted by molar-refractivity contribution is 6.30. The summed E-state index contributed by atoms with van der Waals surface area (Å²) in [6.07, 6.45) is -0.687. The Kier molecular flexibility index (Phi) is 5.04. The van der Waals surface area contributed by atoms with Crippen LogP contribution in [0.1, 0.15) is 31.7 Å². The topological polar surface area (TPSA) is 70.4 Å². The van der Waals surface area contributed by atoms with E-state index in [2.05, 4.69) is 6.07 Å². The molecule has 0 saturated carbocycles. The van der Waals surface area contributed by atoms with Crippen molar-refractivity contribution in [1.29, 1.82) is 5.26 Å². The Morgan fingerprint density at radius 3 is 2.64 bits per heavy atom. The van der Waals surface area contributed by atoms with Crippen LogP contribution in [-0.4, -0.2) is 29.5 Å². The average molecular weight is 321 g/mol. The first-order valence-corrected chi connectivity index (χ1v) is 7.45. The molecule has 22 heavy (non-hydrogen) atoms. The quantitative estimate of drug-likeness (QED) is 0.853. The van der Waals surface area contributed by atoms with Crippen LogP contribution in [0.5, 0.6) is 0 Å². The zero-order valence-corrected chi connectivity index (χ0v) is 13.2. The lowest BCUT2D eigenvalue weighted by atomic mass is 9.96. The minimum atomic E-state index is -0.628. The molecule has 0 aliphatic carbocycles. The number of carbonyl (C=O) groups excluding carboxylic acids is 2. The highest BCUT2D eigenvalue weighted by Crippen LogP contribution is 2.26. The predicted molar refractivity (Wildman–Crippen MR) is 81.2 cm³/mol. The Morgan fingerprint density at radius 1 is 1.45 bits per heavy atom. The average Bonchev–Trinajstić information content (AvgIpc) is 2.87. The highest BCUT2D eigenvalue weighted by Gasteiger charge is 2.40. The zero-order chi connectivity index (χ0) is 16.3. The van der Waals surface area contributed by atoms with Gasteiger partial charge in [-0.05, 0) is 23.6 Å².